The van der Waals surface area contributed by atoms with Crippen LogP contribution < -0.4 is 0 Å². The third-order valence-corrected chi connectivity index (χ3v) is 6.22. The van der Waals surface area contributed by atoms with Crippen LogP contribution in [0.4, 0.5) is 0 Å². The number of hydrogen-bond acceptors (Lipinski definition) is 3. The van der Waals surface area contributed by atoms with E-state index in [1.807, 2.05) is 0 Å². The van der Waals surface area contributed by atoms with Crippen LogP contribution >= 0.6 is 0 Å². The van der Waals surface area contributed by atoms with E-state index in [-0.39, 0.29) is 5.78 Å². The zero-order valence-electron chi connectivity index (χ0n) is 21.6. The molecule has 0 saturated carbocycles. The van der Waals surface area contributed by atoms with Crippen molar-refractivity contribution in [3.8, 4) is 0 Å². The van der Waals surface area contributed by atoms with Gasteiger partial charge >= 0.3 is 5.97 Å². The molecule has 3 heteroatoms. The van der Waals surface area contributed by atoms with Gasteiger partial charge in [-0.2, -0.15) is 0 Å². The lowest BCUT2D eigenvalue weighted by Gasteiger charge is -2.11. The van der Waals surface area contributed by atoms with Gasteiger partial charge in [0.25, 0.3) is 0 Å². The maximum absolute atomic E-state index is 12.9. The summed E-state index contributed by atoms with van der Waals surface area (Å²) in [6.07, 6.45) is 22.4. The van der Waals surface area contributed by atoms with Crippen molar-refractivity contribution in [2.45, 2.75) is 124 Å². The molecule has 0 aromatic heterocycles. The van der Waals surface area contributed by atoms with Gasteiger partial charge in [0.2, 0.25) is 0 Å². The van der Waals surface area contributed by atoms with Gasteiger partial charge < -0.3 is 4.74 Å². The average molecular weight is 457 g/mol. The summed E-state index contributed by atoms with van der Waals surface area (Å²) in [6.45, 7) is 6.57. The van der Waals surface area contributed by atoms with E-state index in [1.165, 1.54) is 94.8 Å². The predicted octanol–water partition coefficient (Wildman–Crippen LogP) is 8.57. The number of rotatable bonds is 20. The lowest BCUT2D eigenvalue weighted by molar-refractivity contribution is -0.137. The van der Waals surface area contributed by atoms with E-state index in [1.54, 1.807) is 6.92 Å². The fourth-order valence-electron chi connectivity index (χ4n) is 4.21. The summed E-state index contributed by atoms with van der Waals surface area (Å²) in [4.78, 5) is 24.6. The van der Waals surface area contributed by atoms with E-state index in [0.29, 0.717) is 6.61 Å². The molecule has 1 aromatic carbocycles. The maximum Gasteiger partial charge on any atom is 0.330 e. The molecule has 0 N–H and O–H groups in total. The van der Waals surface area contributed by atoms with Gasteiger partial charge in [-0.05, 0) is 55.9 Å². The molecular formula is C30H48O3. The van der Waals surface area contributed by atoms with Crippen molar-refractivity contribution in [2.24, 2.45) is 0 Å². The summed E-state index contributed by atoms with van der Waals surface area (Å²) < 4.78 is 4.92. The van der Waals surface area contributed by atoms with Crippen molar-refractivity contribution >= 4 is 11.8 Å². The van der Waals surface area contributed by atoms with Crippen LogP contribution in [-0.2, 0) is 22.4 Å². The second-order valence-corrected chi connectivity index (χ2v) is 9.18. The van der Waals surface area contributed by atoms with Crippen molar-refractivity contribution in [3.63, 3.8) is 0 Å². The zero-order chi connectivity index (χ0) is 24.2. The van der Waals surface area contributed by atoms with Crippen LogP contribution in [0.15, 0.2) is 30.4 Å². The summed E-state index contributed by atoms with van der Waals surface area (Å²) in [5.74, 6) is -0.555. The third kappa shape index (κ3) is 14.1. The normalized spacial score (nSPS) is 11.2. The Balaban J connectivity index is 2.69. The Morgan fingerprint density at radius 2 is 1.24 bits per heavy atom. The van der Waals surface area contributed by atoms with Gasteiger partial charge in [-0.15, -0.1) is 0 Å². The van der Waals surface area contributed by atoms with Crippen molar-refractivity contribution in [2.75, 3.05) is 6.61 Å². The molecule has 0 aliphatic carbocycles. The quantitative estimate of drug-likeness (QED) is 0.0854. The van der Waals surface area contributed by atoms with Gasteiger partial charge in [-0.25, -0.2) is 4.79 Å². The minimum absolute atomic E-state index is 0.0950. The van der Waals surface area contributed by atoms with Crippen LogP contribution in [0.3, 0.4) is 0 Å². The summed E-state index contributed by atoms with van der Waals surface area (Å²) in [5.41, 5.74) is 3.08. The molecule has 0 bridgehead atoms. The number of aryl methyl sites for hydroxylation is 2. The molecule has 0 heterocycles. The molecule has 3 nitrogen and oxygen atoms in total. The van der Waals surface area contributed by atoms with E-state index in [2.05, 4.69) is 32.0 Å². The molecular weight excluding hydrogens is 408 g/mol. The van der Waals surface area contributed by atoms with E-state index in [4.69, 9.17) is 4.74 Å². The highest BCUT2D eigenvalue weighted by molar-refractivity contribution is 6.08. The number of unbranched alkanes of at least 4 members (excludes halogenated alkanes) is 12. The highest BCUT2D eigenvalue weighted by Gasteiger charge is 2.11. The van der Waals surface area contributed by atoms with Gasteiger partial charge in [0.05, 0.1) is 6.61 Å². The largest absolute Gasteiger partial charge is 0.463 e. The Kier molecular flexibility index (Phi) is 17.3. The lowest BCUT2D eigenvalue weighted by atomic mass is 9.94. The fraction of sp³-hybridized carbons (Fsp3) is 0.667. The summed E-state index contributed by atoms with van der Waals surface area (Å²) in [7, 11) is 0. The first kappa shape index (κ1) is 29.1. The number of esters is 1. The highest BCUT2D eigenvalue weighted by atomic mass is 16.5. The zero-order valence-corrected chi connectivity index (χ0v) is 21.6. The van der Waals surface area contributed by atoms with Crippen LogP contribution in [0, 0.1) is 0 Å². The van der Waals surface area contributed by atoms with Gasteiger partial charge in [0.15, 0.2) is 5.78 Å². The van der Waals surface area contributed by atoms with E-state index in [9.17, 15) is 9.59 Å². The predicted molar refractivity (Wildman–Crippen MR) is 140 cm³/mol. The first-order valence-corrected chi connectivity index (χ1v) is 13.6. The number of carbonyl (C=O) groups excluding carboxylic acids is 2. The molecule has 0 unspecified atom stereocenters. The summed E-state index contributed by atoms with van der Waals surface area (Å²) in [5, 5.41) is 0. The van der Waals surface area contributed by atoms with Gasteiger partial charge in [0, 0.05) is 11.6 Å². The Bertz CT molecular complexity index is 690. The average Bonchev–Trinajstić information content (AvgIpc) is 2.82. The van der Waals surface area contributed by atoms with Crippen LogP contribution in [0.1, 0.15) is 132 Å². The fourth-order valence-corrected chi connectivity index (χ4v) is 4.21. The molecule has 0 aliphatic rings. The minimum Gasteiger partial charge on any atom is -0.463 e. The lowest BCUT2D eigenvalue weighted by Crippen LogP contribution is -2.05. The van der Waals surface area contributed by atoms with E-state index < -0.39 is 5.97 Å². The molecule has 33 heavy (non-hydrogen) atoms. The first-order valence-electron chi connectivity index (χ1n) is 13.6. The number of allylic oxidation sites excluding steroid dienone is 1. The molecule has 0 radical (unpaired) electrons. The number of hydrogen-bond donors (Lipinski definition) is 0. The van der Waals surface area contributed by atoms with Crippen molar-refractivity contribution in [1.29, 1.82) is 0 Å². The Hall–Kier alpha value is -1.90. The summed E-state index contributed by atoms with van der Waals surface area (Å²) in [6, 6.07) is 6.39. The molecule has 186 valence electrons. The molecule has 0 saturated heterocycles. The summed E-state index contributed by atoms with van der Waals surface area (Å²) >= 11 is 0. The highest BCUT2D eigenvalue weighted by Crippen LogP contribution is 2.20. The van der Waals surface area contributed by atoms with E-state index >= 15 is 0 Å². The molecule has 1 aromatic rings. The molecule has 0 aliphatic heterocycles. The van der Waals surface area contributed by atoms with Gasteiger partial charge in [0.1, 0.15) is 0 Å². The third-order valence-electron chi connectivity index (χ3n) is 6.22. The molecule has 0 spiro atoms. The maximum atomic E-state index is 12.9. The standard InChI is InChI=1S/C30H48O3/c1-4-7-9-11-13-15-17-19-26-21-22-27(20-18-16-14-12-10-8-5-2)28(25-26)29(31)23-24-30(32)33-6-3/h21-25H,4-20H2,1-3H3. The van der Waals surface area contributed by atoms with Gasteiger partial charge in [-0.3, -0.25) is 4.79 Å². The number of benzene rings is 1. The van der Waals surface area contributed by atoms with Crippen LogP contribution in [0.2, 0.25) is 0 Å². The van der Waals surface area contributed by atoms with Crippen LogP contribution in [0.25, 0.3) is 0 Å². The molecule has 0 fully saturated rings. The Morgan fingerprint density at radius 1 is 0.697 bits per heavy atom. The van der Waals surface area contributed by atoms with Gasteiger partial charge in [-0.1, -0.05) is 103 Å². The minimum atomic E-state index is -0.460. The number of ether oxygens (including phenoxy) is 1. The van der Waals surface area contributed by atoms with Crippen molar-refractivity contribution < 1.29 is 14.3 Å². The Morgan fingerprint density at radius 3 is 1.82 bits per heavy atom. The van der Waals surface area contributed by atoms with Crippen molar-refractivity contribution in [1.82, 2.24) is 0 Å². The molecule has 0 atom stereocenters. The monoisotopic (exact) mass is 456 g/mol. The SMILES string of the molecule is CCCCCCCCCc1ccc(CCCCCCCCC)c(C(=O)C=CC(=O)OCC)c1. The smallest absolute Gasteiger partial charge is 0.330 e. The van der Waals surface area contributed by atoms with Crippen LogP contribution in [0.5, 0.6) is 0 Å². The Labute approximate surface area is 203 Å². The number of ketones is 1. The molecule has 1 rings (SSSR count). The van der Waals surface area contributed by atoms with Crippen LogP contribution in [-0.4, -0.2) is 18.4 Å². The molecule has 0 amide bonds. The second kappa shape index (κ2) is 19.6. The topological polar surface area (TPSA) is 43.4 Å². The second-order valence-electron chi connectivity index (χ2n) is 9.18. The number of carbonyl (C=O) groups is 2. The first-order chi connectivity index (χ1) is 16.1. The van der Waals surface area contributed by atoms with E-state index in [0.717, 1.165) is 36.8 Å². The van der Waals surface area contributed by atoms with Crippen molar-refractivity contribution in [3.05, 3.63) is 47.0 Å².